The van der Waals surface area contributed by atoms with Crippen LogP contribution in [0.4, 0.5) is 0 Å². The molecule has 112 valence electrons. The average molecular weight is 387 g/mol. The van der Waals surface area contributed by atoms with E-state index in [1.165, 1.54) is 24.8 Å². The van der Waals surface area contributed by atoms with Gasteiger partial charge in [0, 0.05) is 19.6 Å². The molecular weight excluding hydrogens is 361 g/mol. The van der Waals surface area contributed by atoms with Crippen LogP contribution in [0, 0.1) is 5.92 Å². The van der Waals surface area contributed by atoms with Gasteiger partial charge < -0.3 is 10.6 Å². The minimum absolute atomic E-state index is 0. The summed E-state index contributed by atoms with van der Waals surface area (Å²) >= 11 is 0. The fourth-order valence-electron chi connectivity index (χ4n) is 2.45. The maximum atomic E-state index is 4.29. The van der Waals surface area contributed by atoms with E-state index in [0.29, 0.717) is 6.04 Å². The van der Waals surface area contributed by atoms with Crippen LogP contribution in [0.5, 0.6) is 0 Å². The monoisotopic (exact) mass is 387 g/mol. The van der Waals surface area contributed by atoms with Crippen LogP contribution in [0.1, 0.15) is 31.7 Å². The molecule has 1 aromatic carbocycles. The quantitative estimate of drug-likeness (QED) is 0.447. The molecule has 1 aliphatic carbocycles. The molecule has 1 fully saturated rings. The van der Waals surface area contributed by atoms with Gasteiger partial charge >= 0.3 is 0 Å². The van der Waals surface area contributed by atoms with Gasteiger partial charge in [-0.25, -0.2) is 0 Å². The zero-order valence-corrected chi connectivity index (χ0v) is 14.8. The van der Waals surface area contributed by atoms with Crippen molar-refractivity contribution in [3.63, 3.8) is 0 Å². The number of nitrogens with one attached hydrogen (secondary N) is 2. The van der Waals surface area contributed by atoms with Crippen LogP contribution in [0.15, 0.2) is 35.3 Å². The fourth-order valence-corrected chi connectivity index (χ4v) is 2.45. The third kappa shape index (κ3) is 5.69. The maximum Gasteiger partial charge on any atom is 0.191 e. The molecule has 1 aromatic rings. The lowest BCUT2D eigenvalue weighted by atomic mass is 10.1. The van der Waals surface area contributed by atoms with Crippen molar-refractivity contribution in [1.29, 1.82) is 0 Å². The van der Waals surface area contributed by atoms with E-state index in [2.05, 4.69) is 52.9 Å². The molecular formula is C16H26IN3. The number of guanidine groups is 1. The second-order valence-electron chi connectivity index (χ2n) is 5.27. The molecule has 2 unspecified atom stereocenters. The van der Waals surface area contributed by atoms with Crippen molar-refractivity contribution in [2.24, 2.45) is 10.9 Å². The van der Waals surface area contributed by atoms with Crippen LogP contribution < -0.4 is 10.6 Å². The third-order valence-corrected chi connectivity index (χ3v) is 3.68. The van der Waals surface area contributed by atoms with E-state index in [9.17, 15) is 0 Å². The van der Waals surface area contributed by atoms with E-state index < -0.39 is 0 Å². The summed E-state index contributed by atoms with van der Waals surface area (Å²) < 4.78 is 0. The zero-order chi connectivity index (χ0) is 13.5. The van der Waals surface area contributed by atoms with Crippen LogP contribution >= 0.6 is 24.0 Å². The Hall–Kier alpha value is -0.780. The van der Waals surface area contributed by atoms with E-state index in [1.54, 1.807) is 0 Å². The molecule has 2 atom stereocenters. The Morgan fingerprint density at radius 3 is 2.70 bits per heavy atom. The number of hydrogen-bond donors (Lipinski definition) is 2. The molecule has 2 N–H and O–H groups in total. The van der Waals surface area contributed by atoms with E-state index in [1.807, 2.05) is 7.05 Å². The summed E-state index contributed by atoms with van der Waals surface area (Å²) in [4.78, 5) is 4.29. The van der Waals surface area contributed by atoms with E-state index >= 15 is 0 Å². The van der Waals surface area contributed by atoms with E-state index in [4.69, 9.17) is 0 Å². The summed E-state index contributed by atoms with van der Waals surface area (Å²) in [5.74, 6) is 1.80. The Morgan fingerprint density at radius 2 is 2.05 bits per heavy atom. The summed E-state index contributed by atoms with van der Waals surface area (Å²) in [5, 5.41) is 6.89. The van der Waals surface area contributed by atoms with Crippen LogP contribution in [0.25, 0.3) is 0 Å². The molecule has 20 heavy (non-hydrogen) atoms. The Morgan fingerprint density at radius 1 is 1.30 bits per heavy atom. The Balaban J connectivity index is 0.00000200. The molecule has 0 aliphatic heterocycles. The highest BCUT2D eigenvalue weighted by molar-refractivity contribution is 14.0. The number of hydrogen-bond acceptors (Lipinski definition) is 1. The topological polar surface area (TPSA) is 36.4 Å². The molecule has 0 bridgehead atoms. The number of rotatable bonds is 6. The first-order chi connectivity index (χ1) is 9.33. The molecule has 1 aliphatic rings. The lowest BCUT2D eigenvalue weighted by molar-refractivity contribution is 0.655. The summed E-state index contributed by atoms with van der Waals surface area (Å²) in [6.07, 6.45) is 4.94. The summed E-state index contributed by atoms with van der Waals surface area (Å²) in [5.41, 5.74) is 1.36. The van der Waals surface area contributed by atoms with Crippen LogP contribution in [-0.4, -0.2) is 25.6 Å². The molecule has 0 spiro atoms. The Kier molecular flexibility index (Phi) is 7.95. The number of halogens is 1. The van der Waals surface area contributed by atoms with Gasteiger partial charge in [0.15, 0.2) is 5.96 Å². The fraction of sp³-hybridized carbons (Fsp3) is 0.562. The highest BCUT2D eigenvalue weighted by atomic mass is 127. The molecule has 1 saturated carbocycles. The standard InChI is InChI=1S/C16H25N3.HI/c1-3-7-14-12-15(14)19-16(17-2)18-11-10-13-8-5-4-6-9-13;/h4-6,8-9,14-15H,3,7,10-12H2,1-2H3,(H2,17,18,19);1H. The zero-order valence-electron chi connectivity index (χ0n) is 12.4. The van der Waals surface area contributed by atoms with Gasteiger partial charge in [-0.15, -0.1) is 24.0 Å². The minimum atomic E-state index is 0. The largest absolute Gasteiger partial charge is 0.356 e. The maximum absolute atomic E-state index is 4.29. The predicted molar refractivity (Wildman–Crippen MR) is 96.9 cm³/mol. The molecule has 0 aromatic heterocycles. The first-order valence-electron chi connectivity index (χ1n) is 7.34. The van der Waals surface area contributed by atoms with E-state index in [-0.39, 0.29) is 24.0 Å². The van der Waals surface area contributed by atoms with Crippen LogP contribution in [-0.2, 0) is 6.42 Å². The lowest BCUT2D eigenvalue weighted by Gasteiger charge is -2.11. The van der Waals surface area contributed by atoms with Crippen molar-refractivity contribution in [3.8, 4) is 0 Å². The molecule has 0 radical (unpaired) electrons. The Bertz CT molecular complexity index is 405. The molecule has 0 saturated heterocycles. The average Bonchev–Trinajstić information content (AvgIpc) is 3.17. The number of nitrogens with zero attached hydrogens (tertiary/aromatic N) is 1. The first kappa shape index (κ1) is 17.3. The molecule has 0 amide bonds. The summed E-state index contributed by atoms with van der Waals surface area (Å²) in [6.45, 7) is 3.18. The van der Waals surface area contributed by atoms with Gasteiger partial charge in [-0.2, -0.15) is 0 Å². The highest BCUT2D eigenvalue weighted by Crippen LogP contribution is 2.34. The van der Waals surface area contributed by atoms with Crippen molar-refractivity contribution in [2.75, 3.05) is 13.6 Å². The van der Waals surface area contributed by atoms with Gasteiger partial charge in [-0.1, -0.05) is 43.7 Å². The van der Waals surface area contributed by atoms with Gasteiger partial charge in [0.2, 0.25) is 0 Å². The van der Waals surface area contributed by atoms with Crippen molar-refractivity contribution < 1.29 is 0 Å². The second kappa shape index (κ2) is 9.21. The molecule has 4 heteroatoms. The minimum Gasteiger partial charge on any atom is -0.356 e. The van der Waals surface area contributed by atoms with E-state index in [0.717, 1.165) is 24.8 Å². The van der Waals surface area contributed by atoms with Crippen molar-refractivity contribution >= 4 is 29.9 Å². The van der Waals surface area contributed by atoms with Crippen molar-refractivity contribution in [3.05, 3.63) is 35.9 Å². The molecule has 2 rings (SSSR count). The number of benzene rings is 1. The smallest absolute Gasteiger partial charge is 0.191 e. The second-order valence-corrected chi connectivity index (χ2v) is 5.27. The van der Waals surface area contributed by atoms with Crippen LogP contribution in [0.2, 0.25) is 0 Å². The highest BCUT2D eigenvalue weighted by Gasteiger charge is 2.36. The van der Waals surface area contributed by atoms with Gasteiger partial charge in [0.25, 0.3) is 0 Å². The molecule has 3 nitrogen and oxygen atoms in total. The normalized spacial score (nSPS) is 21.0. The Labute approximate surface area is 139 Å². The molecule has 0 heterocycles. The number of aliphatic imine (C=N–C) groups is 1. The summed E-state index contributed by atoms with van der Waals surface area (Å²) in [6, 6.07) is 11.2. The van der Waals surface area contributed by atoms with Gasteiger partial charge in [0.05, 0.1) is 0 Å². The SMILES string of the molecule is CCCC1CC1NC(=NC)NCCc1ccccc1.I. The third-order valence-electron chi connectivity index (χ3n) is 3.68. The van der Waals surface area contributed by atoms with Gasteiger partial charge in [-0.05, 0) is 30.7 Å². The van der Waals surface area contributed by atoms with Crippen molar-refractivity contribution in [1.82, 2.24) is 10.6 Å². The van der Waals surface area contributed by atoms with Crippen molar-refractivity contribution in [2.45, 2.75) is 38.6 Å². The van der Waals surface area contributed by atoms with Crippen LogP contribution in [0.3, 0.4) is 0 Å². The lowest BCUT2D eigenvalue weighted by Crippen LogP contribution is -2.40. The predicted octanol–water partition coefficient (Wildman–Crippen LogP) is 3.20. The first-order valence-corrected chi connectivity index (χ1v) is 7.34. The van der Waals surface area contributed by atoms with Gasteiger partial charge in [0.1, 0.15) is 0 Å². The van der Waals surface area contributed by atoms with Gasteiger partial charge in [-0.3, -0.25) is 4.99 Å². The summed E-state index contributed by atoms with van der Waals surface area (Å²) in [7, 11) is 1.84.